The third-order valence-electron chi connectivity index (χ3n) is 3.23. The Morgan fingerprint density at radius 3 is 2.50 bits per heavy atom. The third-order valence-corrected chi connectivity index (χ3v) is 3.23. The van der Waals surface area contributed by atoms with Gasteiger partial charge < -0.3 is 10.4 Å². The number of rotatable bonds is 3. The van der Waals surface area contributed by atoms with Crippen molar-refractivity contribution in [3.05, 3.63) is 35.6 Å². The second-order valence-electron chi connectivity index (χ2n) is 5.74. The summed E-state index contributed by atoms with van der Waals surface area (Å²) < 4.78 is 13.9. The smallest absolute Gasteiger partial charge is 0.325 e. The van der Waals surface area contributed by atoms with Crippen molar-refractivity contribution >= 4 is 11.9 Å². The molecule has 0 bridgehead atoms. The van der Waals surface area contributed by atoms with Gasteiger partial charge in [-0.05, 0) is 26.8 Å². The van der Waals surface area contributed by atoms with Gasteiger partial charge >= 0.3 is 6.03 Å². The zero-order chi connectivity index (χ0) is 15.1. The second-order valence-corrected chi connectivity index (χ2v) is 5.74. The van der Waals surface area contributed by atoms with Crippen molar-refractivity contribution in [3.8, 4) is 0 Å². The Morgan fingerprint density at radius 1 is 1.35 bits per heavy atom. The van der Waals surface area contributed by atoms with Crippen LogP contribution < -0.4 is 5.32 Å². The van der Waals surface area contributed by atoms with Crippen LogP contribution in [0.25, 0.3) is 0 Å². The number of aliphatic hydroxyl groups is 1. The molecule has 0 aliphatic carbocycles. The topological polar surface area (TPSA) is 69.6 Å². The minimum Gasteiger partial charge on any atom is -0.389 e. The molecule has 1 atom stereocenters. The fourth-order valence-corrected chi connectivity index (χ4v) is 2.28. The molecule has 0 aromatic heterocycles. The third kappa shape index (κ3) is 2.38. The van der Waals surface area contributed by atoms with Crippen molar-refractivity contribution in [1.29, 1.82) is 0 Å². The van der Waals surface area contributed by atoms with Gasteiger partial charge in [0, 0.05) is 5.56 Å². The van der Waals surface area contributed by atoms with Crippen LogP contribution in [0.2, 0.25) is 0 Å². The average molecular weight is 280 g/mol. The van der Waals surface area contributed by atoms with Crippen LogP contribution in [0.1, 0.15) is 26.3 Å². The monoisotopic (exact) mass is 280 g/mol. The molecule has 0 radical (unpaired) electrons. The van der Waals surface area contributed by atoms with Crippen molar-refractivity contribution in [2.24, 2.45) is 0 Å². The van der Waals surface area contributed by atoms with Crippen LogP contribution in [0.15, 0.2) is 24.3 Å². The highest BCUT2D eigenvalue weighted by Gasteiger charge is 2.51. The first-order valence-corrected chi connectivity index (χ1v) is 6.27. The molecule has 1 aromatic rings. The highest BCUT2D eigenvalue weighted by molar-refractivity contribution is 6.07. The number of nitrogens with one attached hydrogen (secondary N) is 1. The Morgan fingerprint density at radius 2 is 1.95 bits per heavy atom. The number of carbonyl (C=O) groups excluding carboxylic acids is 2. The van der Waals surface area contributed by atoms with E-state index >= 15 is 0 Å². The van der Waals surface area contributed by atoms with E-state index in [2.05, 4.69) is 5.32 Å². The summed E-state index contributed by atoms with van der Waals surface area (Å²) in [5, 5.41) is 12.3. The average Bonchev–Trinajstić information content (AvgIpc) is 2.53. The van der Waals surface area contributed by atoms with E-state index < -0.39 is 28.9 Å². The van der Waals surface area contributed by atoms with E-state index in [1.165, 1.54) is 39.0 Å². The predicted octanol–water partition coefficient (Wildman–Crippen LogP) is 1.36. The molecule has 1 aromatic carbocycles. The molecule has 5 nitrogen and oxygen atoms in total. The predicted molar refractivity (Wildman–Crippen MR) is 70.3 cm³/mol. The molecule has 6 heteroatoms. The maximum absolute atomic E-state index is 13.9. The number of imide groups is 1. The Balaban J connectivity index is 2.39. The SMILES string of the molecule is CC(C)(O)CN1C(=O)NC(C)(c2ccccc2F)C1=O. The zero-order valence-corrected chi connectivity index (χ0v) is 11.6. The molecule has 0 saturated carbocycles. The summed E-state index contributed by atoms with van der Waals surface area (Å²) in [6.45, 7) is 4.29. The number of carbonyl (C=O) groups is 2. The number of amides is 3. The molecule has 1 unspecified atom stereocenters. The van der Waals surface area contributed by atoms with Crippen molar-refractivity contribution < 1.29 is 19.1 Å². The van der Waals surface area contributed by atoms with E-state index in [9.17, 15) is 19.1 Å². The van der Waals surface area contributed by atoms with Gasteiger partial charge in [0.2, 0.25) is 0 Å². The van der Waals surface area contributed by atoms with Gasteiger partial charge in [0.15, 0.2) is 0 Å². The van der Waals surface area contributed by atoms with Gasteiger partial charge in [0.25, 0.3) is 5.91 Å². The molecular weight excluding hydrogens is 263 g/mol. The molecular formula is C14H17FN2O3. The normalized spacial score (nSPS) is 23.1. The molecule has 1 heterocycles. The van der Waals surface area contributed by atoms with E-state index in [-0.39, 0.29) is 12.1 Å². The minimum absolute atomic E-state index is 0.108. The lowest BCUT2D eigenvalue weighted by molar-refractivity contribution is -0.133. The van der Waals surface area contributed by atoms with Gasteiger partial charge in [-0.25, -0.2) is 9.18 Å². The lowest BCUT2D eigenvalue weighted by atomic mass is 9.91. The second kappa shape index (κ2) is 4.56. The summed E-state index contributed by atoms with van der Waals surface area (Å²) in [6, 6.07) is 5.17. The highest BCUT2D eigenvalue weighted by Crippen LogP contribution is 2.31. The quantitative estimate of drug-likeness (QED) is 0.821. The summed E-state index contributed by atoms with van der Waals surface area (Å²) in [5.41, 5.74) is -2.56. The molecule has 1 aliphatic heterocycles. The van der Waals surface area contributed by atoms with Gasteiger partial charge in [0.1, 0.15) is 11.4 Å². The molecule has 0 spiro atoms. The maximum atomic E-state index is 13.9. The molecule has 108 valence electrons. The largest absolute Gasteiger partial charge is 0.389 e. The summed E-state index contributed by atoms with van der Waals surface area (Å²) in [4.78, 5) is 25.3. The molecule has 2 N–H and O–H groups in total. The molecule has 3 amide bonds. The number of benzene rings is 1. The van der Waals surface area contributed by atoms with Gasteiger partial charge in [-0.1, -0.05) is 18.2 Å². The van der Waals surface area contributed by atoms with Crippen LogP contribution >= 0.6 is 0 Å². The highest BCUT2D eigenvalue weighted by atomic mass is 19.1. The van der Waals surface area contributed by atoms with Crippen molar-refractivity contribution in [3.63, 3.8) is 0 Å². The van der Waals surface area contributed by atoms with Crippen molar-refractivity contribution in [2.45, 2.75) is 31.9 Å². The summed E-state index contributed by atoms with van der Waals surface area (Å²) >= 11 is 0. The van der Waals surface area contributed by atoms with Gasteiger partial charge in [-0.2, -0.15) is 0 Å². The van der Waals surface area contributed by atoms with Crippen LogP contribution in [-0.2, 0) is 10.3 Å². The zero-order valence-electron chi connectivity index (χ0n) is 11.6. The fourth-order valence-electron chi connectivity index (χ4n) is 2.28. The van der Waals surface area contributed by atoms with Crippen LogP contribution in [0.3, 0.4) is 0 Å². The number of hydrogen-bond acceptors (Lipinski definition) is 3. The Bertz CT molecular complexity index is 568. The first-order chi connectivity index (χ1) is 9.15. The van der Waals surface area contributed by atoms with Crippen molar-refractivity contribution in [2.75, 3.05) is 6.54 Å². The lowest BCUT2D eigenvalue weighted by Gasteiger charge is -2.25. The molecule has 2 rings (SSSR count). The van der Waals surface area contributed by atoms with Crippen LogP contribution in [0.4, 0.5) is 9.18 Å². The summed E-state index contributed by atoms with van der Waals surface area (Å²) in [6.07, 6.45) is 0. The lowest BCUT2D eigenvalue weighted by Crippen LogP contribution is -2.44. The number of nitrogens with zero attached hydrogens (tertiary/aromatic N) is 1. The van der Waals surface area contributed by atoms with Crippen LogP contribution in [-0.4, -0.2) is 34.1 Å². The minimum atomic E-state index is -1.45. The Kier molecular flexibility index (Phi) is 3.29. The first kappa shape index (κ1) is 14.5. The molecule has 1 aliphatic rings. The van der Waals surface area contributed by atoms with Gasteiger partial charge in [-0.15, -0.1) is 0 Å². The Labute approximate surface area is 116 Å². The van der Waals surface area contributed by atoms with Gasteiger partial charge in [0.05, 0.1) is 12.1 Å². The number of hydrogen-bond donors (Lipinski definition) is 2. The van der Waals surface area contributed by atoms with E-state index in [1.54, 1.807) is 6.07 Å². The molecule has 1 fully saturated rings. The number of urea groups is 1. The van der Waals surface area contributed by atoms with Gasteiger partial charge in [-0.3, -0.25) is 9.69 Å². The molecule has 20 heavy (non-hydrogen) atoms. The maximum Gasteiger partial charge on any atom is 0.325 e. The standard InChI is InChI=1S/C14H17FN2O3/c1-13(2,20)8-17-11(18)14(3,16-12(17)19)9-6-4-5-7-10(9)15/h4-7,20H,8H2,1-3H3,(H,16,19). The Hall–Kier alpha value is -1.95. The summed E-state index contributed by atoms with van der Waals surface area (Å²) in [7, 11) is 0. The van der Waals surface area contributed by atoms with E-state index in [4.69, 9.17) is 0 Å². The van der Waals surface area contributed by atoms with E-state index in [0.717, 1.165) is 4.90 Å². The van der Waals surface area contributed by atoms with E-state index in [1.807, 2.05) is 0 Å². The first-order valence-electron chi connectivity index (χ1n) is 6.27. The fraction of sp³-hybridized carbons (Fsp3) is 0.429. The van der Waals surface area contributed by atoms with Crippen LogP contribution in [0, 0.1) is 5.82 Å². The van der Waals surface area contributed by atoms with Crippen molar-refractivity contribution in [1.82, 2.24) is 10.2 Å². The number of β-amino-alcohol motifs (C(OH)–C–C–N with tert-alkyl or cyclic N) is 1. The van der Waals surface area contributed by atoms with E-state index in [0.29, 0.717) is 0 Å². The summed E-state index contributed by atoms with van der Waals surface area (Å²) in [5.74, 6) is -1.14. The number of halogens is 1. The molecule has 1 saturated heterocycles. The van der Waals surface area contributed by atoms with Crippen LogP contribution in [0.5, 0.6) is 0 Å².